The van der Waals surface area contributed by atoms with Crippen LogP contribution in [0.25, 0.3) is 5.69 Å². The average Bonchev–Trinajstić information content (AvgIpc) is 3.38. The first-order valence-electron chi connectivity index (χ1n) is 15.8. The van der Waals surface area contributed by atoms with Gasteiger partial charge in [0.1, 0.15) is 18.2 Å². The Kier molecular flexibility index (Phi) is 11.2. The van der Waals surface area contributed by atoms with Gasteiger partial charge in [-0.15, -0.1) is 0 Å². The van der Waals surface area contributed by atoms with Crippen molar-refractivity contribution in [1.82, 2.24) is 20.6 Å². The maximum atomic E-state index is 13.2. The molecule has 1 aromatic heterocycles. The molecule has 0 bridgehead atoms. The number of aryl methyl sites for hydroxylation is 1. The molecule has 4 aromatic rings. The number of hydrogen-bond acceptors (Lipinski definition) is 8. The highest BCUT2D eigenvalue weighted by atomic mass is 19.1. The van der Waals surface area contributed by atoms with Crippen molar-refractivity contribution >= 4 is 24.1 Å². The molecule has 0 spiro atoms. The zero-order valence-electron chi connectivity index (χ0n) is 28.3. The van der Waals surface area contributed by atoms with Gasteiger partial charge in [-0.2, -0.15) is 5.10 Å². The number of amides is 3. The summed E-state index contributed by atoms with van der Waals surface area (Å²) in [6, 6.07) is 19.4. The van der Waals surface area contributed by atoms with E-state index < -0.39 is 23.9 Å². The summed E-state index contributed by atoms with van der Waals surface area (Å²) in [6.07, 6.45) is 1.57. The van der Waals surface area contributed by atoms with E-state index in [1.807, 2.05) is 44.2 Å². The molecule has 3 N–H and O–H groups in total. The van der Waals surface area contributed by atoms with Gasteiger partial charge >= 0.3 is 12.0 Å². The first-order chi connectivity index (χ1) is 24.1. The summed E-state index contributed by atoms with van der Waals surface area (Å²) >= 11 is 0. The van der Waals surface area contributed by atoms with Crippen LogP contribution in [0.1, 0.15) is 48.0 Å². The largest absolute Gasteiger partial charge is 0.493 e. The van der Waals surface area contributed by atoms with Crippen LogP contribution in [0.5, 0.6) is 17.2 Å². The van der Waals surface area contributed by atoms with Crippen molar-refractivity contribution in [3.05, 3.63) is 118 Å². The standard InChI is InChI=1S/C37H38FN5O7/c1-6-48-36(45)34-23(3)40-37(46)41-35(34)26-9-16-31(32(18-26)47-5)50-21-33(44)42-39-19-27-17-22(2)43(24(27)4)29-12-14-30(15-13-29)49-20-25-7-10-28(38)11-8-25/h7-19,35H,6,20-21H2,1-5H3,(H,42,44)(H2,40,41,46)/b39-19+/t35-/m1/s1. The quantitative estimate of drug-likeness (QED) is 0.0955. The van der Waals surface area contributed by atoms with Crippen LogP contribution < -0.4 is 30.3 Å². The summed E-state index contributed by atoms with van der Waals surface area (Å²) in [6.45, 7) is 7.41. The van der Waals surface area contributed by atoms with Gasteiger partial charge in [0.25, 0.3) is 5.91 Å². The normalized spacial score (nSPS) is 14.2. The van der Waals surface area contributed by atoms with Gasteiger partial charge in [-0.05, 0) is 93.4 Å². The van der Waals surface area contributed by atoms with Gasteiger partial charge in [-0.1, -0.05) is 18.2 Å². The molecule has 0 radical (unpaired) electrons. The molecule has 0 unspecified atom stereocenters. The van der Waals surface area contributed by atoms with E-state index >= 15 is 0 Å². The maximum absolute atomic E-state index is 13.2. The molecule has 5 rings (SSSR count). The molecular formula is C37H38FN5O7. The Bertz CT molecular complexity index is 1930. The van der Waals surface area contributed by atoms with Crippen molar-refractivity contribution < 1.29 is 37.7 Å². The average molecular weight is 684 g/mol. The van der Waals surface area contributed by atoms with Gasteiger partial charge in [-0.3, -0.25) is 4.79 Å². The summed E-state index contributed by atoms with van der Waals surface area (Å²) in [5.74, 6) is -0.0691. The smallest absolute Gasteiger partial charge is 0.338 e. The molecule has 13 heteroatoms. The zero-order valence-corrected chi connectivity index (χ0v) is 28.3. The van der Waals surface area contributed by atoms with E-state index in [0.717, 1.165) is 28.2 Å². The fourth-order valence-corrected chi connectivity index (χ4v) is 5.51. The molecule has 12 nitrogen and oxygen atoms in total. The number of hydrazone groups is 1. The molecule has 0 saturated carbocycles. The number of nitrogens with zero attached hydrogens (tertiary/aromatic N) is 2. The fraction of sp³-hybridized carbons (Fsp3) is 0.243. The lowest BCUT2D eigenvalue weighted by atomic mass is 9.95. The molecule has 3 amide bonds. The number of urea groups is 1. The van der Waals surface area contributed by atoms with Crippen molar-refractivity contribution in [2.24, 2.45) is 5.10 Å². The van der Waals surface area contributed by atoms with Crippen molar-refractivity contribution in [2.45, 2.75) is 40.3 Å². The van der Waals surface area contributed by atoms with Crippen LogP contribution in [0.4, 0.5) is 9.18 Å². The first-order valence-corrected chi connectivity index (χ1v) is 15.8. The van der Waals surface area contributed by atoms with Gasteiger partial charge < -0.3 is 34.1 Å². The molecule has 0 fully saturated rings. The third-order valence-corrected chi connectivity index (χ3v) is 7.92. The summed E-state index contributed by atoms with van der Waals surface area (Å²) < 4.78 is 37.4. The van der Waals surface area contributed by atoms with Gasteiger partial charge in [0.15, 0.2) is 18.1 Å². The Morgan fingerprint density at radius 2 is 1.72 bits per heavy atom. The van der Waals surface area contributed by atoms with Gasteiger partial charge in [0.2, 0.25) is 0 Å². The van der Waals surface area contributed by atoms with Crippen LogP contribution in [-0.2, 0) is 20.9 Å². The Labute approximate surface area is 288 Å². The molecule has 50 heavy (non-hydrogen) atoms. The van der Waals surface area contributed by atoms with Gasteiger partial charge in [0.05, 0.1) is 31.5 Å². The van der Waals surface area contributed by atoms with Crippen LogP contribution >= 0.6 is 0 Å². The molecule has 2 heterocycles. The second kappa shape index (κ2) is 15.9. The second-order valence-electron chi connectivity index (χ2n) is 11.4. The summed E-state index contributed by atoms with van der Waals surface area (Å²) in [5.41, 5.74) is 8.19. The molecular weight excluding hydrogens is 645 g/mol. The van der Waals surface area contributed by atoms with E-state index in [1.165, 1.54) is 19.2 Å². The number of rotatable bonds is 13. The lowest BCUT2D eigenvalue weighted by Gasteiger charge is -2.28. The number of aromatic nitrogens is 1. The van der Waals surface area contributed by atoms with Crippen LogP contribution in [0.15, 0.2) is 89.2 Å². The highest BCUT2D eigenvalue weighted by molar-refractivity contribution is 5.95. The topological polar surface area (TPSA) is 142 Å². The Balaban J connectivity index is 1.18. The highest BCUT2D eigenvalue weighted by Crippen LogP contribution is 2.34. The number of carbonyl (C=O) groups excluding carboxylic acids is 3. The van der Waals surface area contributed by atoms with E-state index in [9.17, 15) is 18.8 Å². The number of nitrogens with one attached hydrogen (secondary N) is 3. The Hall–Kier alpha value is -6.11. The second-order valence-corrected chi connectivity index (χ2v) is 11.4. The molecule has 3 aromatic carbocycles. The first kappa shape index (κ1) is 35.2. The summed E-state index contributed by atoms with van der Waals surface area (Å²) in [5, 5.41) is 9.46. The summed E-state index contributed by atoms with van der Waals surface area (Å²) in [7, 11) is 1.44. The van der Waals surface area contributed by atoms with Crippen LogP contribution in [0.3, 0.4) is 0 Å². The van der Waals surface area contributed by atoms with E-state index in [-0.39, 0.29) is 30.4 Å². The Morgan fingerprint density at radius 3 is 2.42 bits per heavy atom. The third-order valence-electron chi connectivity index (χ3n) is 7.92. The van der Waals surface area contributed by atoms with Gasteiger partial charge in [0, 0.05) is 28.3 Å². The van der Waals surface area contributed by atoms with Gasteiger partial charge in [-0.25, -0.2) is 19.4 Å². The number of allylic oxidation sites excluding steroid dienone is 1. The highest BCUT2D eigenvalue weighted by Gasteiger charge is 2.32. The minimum atomic E-state index is -0.780. The van der Waals surface area contributed by atoms with Crippen LogP contribution in [0.2, 0.25) is 0 Å². The van der Waals surface area contributed by atoms with Crippen molar-refractivity contribution in [3.63, 3.8) is 0 Å². The van der Waals surface area contributed by atoms with Crippen LogP contribution in [0, 0.1) is 19.7 Å². The lowest BCUT2D eigenvalue weighted by molar-refractivity contribution is -0.139. The van der Waals surface area contributed by atoms with Crippen molar-refractivity contribution in [2.75, 3.05) is 20.3 Å². The van der Waals surface area contributed by atoms with E-state index in [2.05, 4.69) is 25.7 Å². The number of ether oxygens (including phenoxy) is 4. The maximum Gasteiger partial charge on any atom is 0.338 e. The molecule has 1 aliphatic heterocycles. The summed E-state index contributed by atoms with van der Waals surface area (Å²) in [4.78, 5) is 37.5. The minimum Gasteiger partial charge on any atom is -0.493 e. The number of carbonyl (C=O) groups is 3. The molecule has 1 atom stereocenters. The number of hydrogen-bond donors (Lipinski definition) is 3. The van der Waals surface area contributed by atoms with Crippen LogP contribution in [-0.4, -0.2) is 49.0 Å². The molecule has 1 aliphatic rings. The molecule has 0 saturated heterocycles. The van der Waals surface area contributed by atoms with E-state index in [4.69, 9.17) is 18.9 Å². The van der Waals surface area contributed by atoms with E-state index in [1.54, 1.807) is 50.4 Å². The van der Waals surface area contributed by atoms with E-state index in [0.29, 0.717) is 29.4 Å². The zero-order chi connectivity index (χ0) is 35.8. The lowest BCUT2D eigenvalue weighted by Crippen LogP contribution is -2.45. The van der Waals surface area contributed by atoms with Crippen molar-refractivity contribution in [1.29, 1.82) is 0 Å². The molecule has 260 valence electrons. The number of esters is 1. The number of halogens is 1. The predicted octanol–water partition coefficient (Wildman–Crippen LogP) is 5.54. The SMILES string of the molecule is CCOC(=O)C1=C(C)NC(=O)N[C@@H]1c1ccc(OCC(=O)N/N=C/c2cc(C)n(-c3ccc(OCc4ccc(F)cc4)cc3)c2C)c(OC)c1. The minimum absolute atomic E-state index is 0.178. The number of benzene rings is 3. The number of methoxy groups -OCH3 is 1. The third kappa shape index (κ3) is 8.29. The predicted molar refractivity (Wildman–Crippen MR) is 184 cm³/mol. The monoisotopic (exact) mass is 683 g/mol. The van der Waals surface area contributed by atoms with Crippen molar-refractivity contribution in [3.8, 4) is 22.9 Å². The fourth-order valence-electron chi connectivity index (χ4n) is 5.51. The Morgan fingerprint density at radius 1 is 0.980 bits per heavy atom. The molecule has 0 aliphatic carbocycles.